The van der Waals surface area contributed by atoms with Gasteiger partial charge in [0.05, 0.1) is 11.4 Å². The van der Waals surface area contributed by atoms with Crippen molar-refractivity contribution in [2.75, 3.05) is 26.2 Å². The Morgan fingerprint density at radius 1 is 1.14 bits per heavy atom. The van der Waals surface area contributed by atoms with Crippen LogP contribution in [0.2, 0.25) is 0 Å². The molecule has 0 bridgehead atoms. The molecule has 0 unspecified atom stereocenters. The molecule has 4 rings (SSSR count). The number of piperazine rings is 1. The lowest BCUT2D eigenvalue weighted by Crippen LogP contribution is -2.48. The standard InChI is InChI=1S/C20H20F2N4O2S/c21-15-5-3-14(12-16(15)22)4-6-19(27)26-9-7-25(8-10-26)13-18-23-20(24-28-18)17-2-1-11-29-17/h1-3,5,11-12H,4,6-10,13H2. The third kappa shape index (κ3) is 4.86. The maximum absolute atomic E-state index is 13.3. The van der Waals surface area contributed by atoms with Crippen LogP contribution >= 0.6 is 11.3 Å². The number of carbonyl (C=O) groups is 1. The number of amides is 1. The fourth-order valence-corrected chi connectivity index (χ4v) is 3.93. The molecule has 29 heavy (non-hydrogen) atoms. The molecular formula is C20H20F2N4O2S. The molecule has 0 atom stereocenters. The smallest absolute Gasteiger partial charge is 0.241 e. The van der Waals surface area contributed by atoms with E-state index in [0.717, 1.165) is 17.0 Å². The Hall–Kier alpha value is -2.65. The van der Waals surface area contributed by atoms with Crippen molar-refractivity contribution in [3.8, 4) is 10.7 Å². The van der Waals surface area contributed by atoms with Gasteiger partial charge in [-0.05, 0) is 35.6 Å². The Morgan fingerprint density at radius 2 is 1.97 bits per heavy atom. The third-order valence-corrected chi connectivity index (χ3v) is 5.77. The second-order valence-corrected chi connectivity index (χ2v) is 7.84. The molecule has 0 aliphatic carbocycles. The lowest BCUT2D eigenvalue weighted by molar-refractivity contribution is -0.133. The van der Waals surface area contributed by atoms with E-state index in [1.54, 1.807) is 16.2 Å². The minimum atomic E-state index is -0.883. The number of aryl methyl sites for hydroxylation is 1. The van der Waals surface area contributed by atoms with Crippen molar-refractivity contribution in [2.45, 2.75) is 19.4 Å². The first-order valence-electron chi connectivity index (χ1n) is 9.39. The van der Waals surface area contributed by atoms with Gasteiger partial charge in [-0.2, -0.15) is 4.98 Å². The first kappa shape index (κ1) is 19.7. The monoisotopic (exact) mass is 418 g/mol. The van der Waals surface area contributed by atoms with E-state index in [2.05, 4.69) is 15.0 Å². The summed E-state index contributed by atoms with van der Waals surface area (Å²) < 4.78 is 31.6. The normalized spacial score (nSPS) is 15.0. The van der Waals surface area contributed by atoms with Gasteiger partial charge in [-0.3, -0.25) is 9.69 Å². The van der Waals surface area contributed by atoms with Gasteiger partial charge in [0.2, 0.25) is 17.6 Å². The summed E-state index contributed by atoms with van der Waals surface area (Å²) >= 11 is 1.56. The van der Waals surface area contributed by atoms with Crippen LogP contribution in [0.5, 0.6) is 0 Å². The fourth-order valence-electron chi connectivity index (χ4n) is 3.28. The zero-order valence-corrected chi connectivity index (χ0v) is 16.5. The van der Waals surface area contributed by atoms with Crippen LogP contribution in [0.25, 0.3) is 10.7 Å². The van der Waals surface area contributed by atoms with Crippen molar-refractivity contribution < 1.29 is 18.1 Å². The molecule has 6 nitrogen and oxygen atoms in total. The second-order valence-electron chi connectivity index (χ2n) is 6.89. The molecule has 1 aliphatic rings. The van der Waals surface area contributed by atoms with Crippen LogP contribution in [0, 0.1) is 11.6 Å². The zero-order chi connectivity index (χ0) is 20.2. The van der Waals surface area contributed by atoms with E-state index in [9.17, 15) is 13.6 Å². The Kier molecular flexibility index (Phi) is 5.96. The maximum atomic E-state index is 13.3. The lowest BCUT2D eigenvalue weighted by Gasteiger charge is -2.34. The molecule has 0 spiro atoms. The van der Waals surface area contributed by atoms with E-state index < -0.39 is 11.6 Å². The number of halogens is 2. The maximum Gasteiger partial charge on any atom is 0.241 e. The molecule has 1 saturated heterocycles. The molecule has 152 valence electrons. The molecular weight excluding hydrogens is 398 g/mol. The summed E-state index contributed by atoms with van der Waals surface area (Å²) in [5, 5.41) is 5.98. The number of carbonyl (C=O) groups excluding carboxylic acids is 1. The Labute approximate surface area is 170 Å². The minimum Gasteiger partial charge on any atom is -0.340 e. The molecule has 0 N–H and O–H groups in total. The van der Waals surface area contributed by atoms with Crippen molar-refractivity contribution in [1.29, 1.82) is 0 Å². The van der Waals surface area contributed by atoms with E-state index >= 15 is 0 Å². The molecule has 0 saturated carbocycles. The van der Waals surface area contributed by atoms with E-state index in [4.69, 9.17) is 4.52 Å². The van der Waals surface area contributed by atoms with Crippen LogP contribution in [0.4, 0.5) is 8.78 Å². The molecule has 1 aromatic carbocycles. The topological polar surface area (TPSA) is 62.5 Å². The van der Waals surface area contributed by atoms with Gasteiger partial charge in [-0.1, -0.05) is 17.3 Å². The highest BCUT2D eigenvalue weighted by atomic mass is 32.1. The summed E-state index contributed by atoms with van der Waals surface area (Å²) in [6, 6.07) is 7.64. The van der Waals surface area contributed by atoms with Gasteiger partial charge in [0.15, 0.2) is 11.6 Å². The molecule has 3 heterocycles. The molecule has 9 heteroatoms. The molecule has 3 aromatic rings. The number of aromatic nitrogens is 2. The van der Waals surface area contributed by atoms with Crippen LogP contribution in [0.15, 0.2) is 40.2 Å². The minimum absolute atomic E-state index is 0.0205. The van der Waals surface area contributed by atoms with Crippen molar-refractivity contribution in [3.05, 3.63) is 58.8 Å². The highest BCUT2D eigenvalue weighted by Gasteiger charge is 2.22. The Bertz CT molecular complexity index is 969. The molecule has 1 fully saturated rings. The van der Waals surface area contributed by atoms with Gasteiger partial charge in [0.25, 0.3) is 0 Å². The van der Waals surface area contributed by atoms with Gasteiger partial charge in [-0.25, -0.2) is 8.78 Å². The number of benzene rings is 1. The summed E-state index contributed by atoms with van der Waals surface area (Å²) in [6.07, 6.45) is 0.669. The van der Waals surface area contributed by atoms with Crippen molar-refractivity contribution in [2.24, 2.45) is 0 Å². The molecule has 0 radical (unpaired) electrons. The van der Waals surface area contributed by atoms with E-state index in [1.807, 2.05) is 17.5 Å². The Morgan fingerprint density at radius 3 is 2.69 bits per heavy atom. The molecule has 1 amide bonds. The van der Waals surface area contributed by atoms with E-state index in [0.29, 0.717) is 56.4 Å². The average molecular weight is 418 g/mol. The average Bonchev–Trinajstić information content (AvgIpc) is 3.41. The van der Waals surface area contributed by atoms with Gasteiger partial charge < -0.3 is 9.42 Å². The van der Waals surface area contributed by atoms with Crippen LogP contribution in [0.3, 0.4) is 0 Å². The zero-order valence-electron chi connectivity index (χ0n) is 15.7. The van der Waals surface area contributed by atoms with Gasteiger partial charge in [0, 0.05) is 32.6 Å². The number of hydrogen-bond acceptors (Lipinski definition) is 6. The van der Waals surface area contributed by atoms with Crippen LogP contribution in [-0.4, -0.2) is 52.0 Å². The molecule has 1 aliphatic heterocycles. The third-order valence-electron chi connectivity index (χ3n) is 4.91. The quantitative estimate of drug-likeness (QED) is 0.614. The molecule has 2 aromatic heterocycles. The number of thiophene rings is 1. The van der Waals surface area contributed by atoms with E-state index in [1.165, 1.54) is 6.07 Å². The number of nitrogens with zero attached hydrogens (tertiary/aromatic N) is 4. The van der Waals surface area contributed by atoms with Crippen LogP contribution in [-0.2, 0) is 17.8 Å². The SMILES string of the molecule is O=C(CCc1ccc(F)c(F)c1)N1CCN(Cc2nc(-c3cccs3)no2)CC1. The summed E-state index contributed by atoms with van der Waals surface area (Å²) in [5.41, 5.74) is 0.619. The van der Waals surface area contributed by atoms with Crippen molar-refractivity contribution in [3.63, 3.8) is 0 Å². The van der Waals surface area contributed by atoms with Gasteiger partial charge in [-0.15, -0.1) is 11.3 Å². The van der Waals surface area contributed by atoms with E-state index in [-0.39, 0.29) is 12.3 Å². The number of hydrogen-bond donors (Lipinski definition) is 0. The van der Waals surface area contributed by atoms with Crippen molar-refractivity contribution >= 4 is 17.2 Å². The van der Waals surface area contributed by atoms with Crippen LogP contribution in [0.1, 0.15) is 17.9 Å². The predicted octanol–water partition coefficient (Wildman–Crippen LogP) is 3.35. The fraction of sp³-hybridized carbons (Fsp3) is 0.350. The highest BCUT2D eigenvalue weighted by molar-refractivity contribution is 7.13. The highest BCUT2D eigenvalue weighted by Crippen LogP contribution is 2.21. The van der Waals surface area contributed by atoms with Gasteiger partial charge >= 0.3 is 0 Å². The van der Waals surface area contributed by atoms with Gasteiger partial charge in [0.1, 0.15) is 0 Å². The summed E-state index contributed by atoms with van der Waals surface area (Å²) in [7, 11) is 0. The summed E-state index contributed by atoms with van der Waals surface area (Å²) in [6.45, 7) is 3.21. The first-order chi connectivity index (χ1) is 14.1. The first-order valence-corrected chi connectivity index (χ1v) is 10.3. The lowest BCUT2D eigenvalue weighted by atomic mass is 10.1. The summed E-state index contributed by atoms with van der Waals surface area (Å²) in [4.78, 5) is 21.8. The largest absolute Gasteiger partial charge is 0.340 e. The second kappa shape index (κ2) is 8.79. The van der Waals surface area contributed by atoms with Crippen molar-refractivity contribution in [1.82, 2.24) is 19.9 Å². The number of rotatable bonds is 6. The Balaban J connectivity index is 1.23. The predicted molar refractivity (Wildman–Crippen MR) is 104 cm³/mol. The van der Waals surface area contributed by atoms with Crippen LogP contribution < -0.4 is 0 Å². The summed E-state index contributed by atoms with van der Waals surface area (Å²) in [5.74, 6) is -0.577.